The van der Waals surface area contributed by atoms with Gasteiger partial charge in [0.15, 0.2) is 0 Å². The second-order valence-electron chi connectivity index (χ2n) is 2.38. The summed E-state index contributed by atoms with van der Waals surface area (Å²) < 4.78 is 24.2. The standard InChI is InChI=1S/C5H6ClF2N3.ClH/c1-5(2-6)3(4(7)8)9-11-10-5;/h4H,2H2,1H3;1H. The average Bonchev–Trinajstić information content (AvgIpc) is 2.32. The molecule has 3 nitrogen and oxygen atoms in total. The Morgan fingerprint density at radius 1 is 1.58 bits per heavy atom. The average molecular weight is 218 g/mol. The summed E-state index contributed by atoms with van der Waals surface area (Å²) in [7, 11) is 0. The first kappa shape index (κ1) is 11.7. The van der Waals surface area contributed by atoms with E-state index in [-0.39, 0.29) is 24.0 Å². The molecule has 0 aromatic rings. The van der Waals surface area contributed by atoms with Gasteiger partial charge in [-0.25, -0.2) is 8.78 Å². The molecule has 0 fully saturated rings. The molecule has 0 spiro atoms. The molecule has 12 heavy (non-hydrogen) atoms. The molecule has 0 saturated carbocycles. The quantitative estimate of drug-likeness (QED) is 0.638. The van der Waals surface area contributed by atoms with Crippen LogP contribution in [-0.4, -0.2) is 23.6 Å². The largest absolute Gasteiger partial charge is 0.281 e. The van der Waals surface area contributed by atoms with Crippen molar-refractivity contribution in [1.29, 1.82) is 0 Å². The van der Waals surface area contributed by atoms with Crippen molar-refractivity contribution < 1.29 is 8.78 Å². The summed E-state index contributed by atoms with van der Waals surface area (Å²) in [5.74, 6) is -0.0281. The Bertz CT molecular complexity index is 219. The molecule has 1 heterocycles. The van der Waals surface area contributed by atoms with Crippen LogP contribution in [-0.2, 0) is 0 Å². The molecule has 7 heteroatoms. The fourth-order valence-electron chi connectivity index (χ4n) is 0.702. The lowest BCUT2D eigenvalue weighted by Crippen LogP contribution is -2.37. The van der Waals surface area contributed by atoms with Crippen molar-refractivity contribution >= 4 is 29.7 Å². The van der Waals surface area contributed by atoms with E-state index in [1.807, 2.05) is 0 Å². The first-order valence-corrected chi connectivity index (χ1v) is 3.48. The van der Waals surface area contributed by atoms with E-state index in [0.29, 0.717) is 0 Å². The van der Waals surface area contributed by atoms with E-state index in [9.17, 15) is 8.78 Å². The summed E-state index contributed by atoms with van der Waals surface area (Å²) in [6.45, 7) is 1.47. The number of nitrogens with zero attached hydrogens (tertiary/aromatic N) is 3. The topological polar surface area (TPSA) is 37.1 Å². The van der Waals surface area contributed by atoms with E-state index >= 15 is 0 Å². The number of rotatable bonds is 2. The normalized spacial score (nSPS) is 27.2. The Morgan fingerprint density at radius 2 is 2.17 bits per heavy atom. The van der Waals surface area contributed by atoms with E-state index in [0.717, 1.165) is 0 Å². The minimum absolute atomic E-state index is 0. The highest BCUT2D eigenvalue weighted by Gasteiger charge is 2.39. The van der Waals surface area contributed by atoms with Crippen LogP contribution in [0.1, 0.15) is 6.92 Å². The smallest absolute Gasteiger partial charge is 0.203 e. The van der Waals surface area contributed by atoms with Gasteiger partial charge in [0.1, 0.15) is 11.3 Å². The Morgan fingerprint density at radius 3 is 2.50 bits per heavy atom. The van der Waals surface area contributed by atoms with Gasteiger partial charge < -0.3 is 0 Å². The second kappa shape index (κ2) is 4.09. The van der Waals surface area contributed by atoms with Gasteiger partial charge in [0.25, 0.3) is 6.43 Å². The van der Waals surface area contributed by atoms with Crippen molar-refractivity contribution in [3.05, 3.63) is 0 Å². The highest BCUT2D eigenvalue weighted by atomic mass is 35.5. The van der Waals surface area contributed by atoms with Gasteiger partial charge in [-0.1, -0.05) is 0 Å². The molecule has 1 atom stereocenters. The lowest BCUT2D eigenvalue weighted by molar-refractivity contribution is 0.218. The maximum Gasteiger partial charge on any atom is 0.281 e. The summed E-state index contributed by atoms with van der Waals surface area (Å²) in [5.41, 5.74) is -1.46. The van der Waals surface area contributed by atoms with Crippen molar-refractivity contribution in [3.63, 3.8) is 0 Å². The second-order valence-corrected chi connectivity index (χ2v) is 2.65. The zero-order valence-corrected chi connectivity index (χ0v) is 7.74. The van der Waals surface area contributed by atoms with Crippen LogP contribution in [0, 0.1) is 0 Å². The van der Waals surface area contributed by atoms with Gasteiger partial charge in [0.05, 0.1) is 5.88 Å². The third kappa shape index (κ3) is 1.90. The van der Waals surface area contributed by atoms with Gasteiger partial charge in [-0.2, -0.15) is 5.11 Å². The summed E-state index contributed by atoms with van der Waals surface area (Å²) in [5, 5.41) is 9.86. The Labute approximate surface area is 79.3 Å². The number of halogens is 4. The van der Waals surface area contributed by atoms with E-state index in [1.165, 1.54) is 6.92 Å². The van der Waals surface area contributed by atoms with E-state index in [2.05, 4.69) is 15.4 Å². The van der Waals surface area contributed by atoms with Gasteiger partial charge in [0, 0.05) is 0 Å². The maximum atomic E-state index is 12.1. The first-order valence-electron chi connectivity index (χ1n) is 2.94. The van der Waals surface area contributed by atoms with Crippen molar-refractivity contribution in [2.75, 3.05) is 5.88 Å². The van der Waals surface area contributed by atoms with Crippen molar-refractivity contribution in [3.8, 4) is 0 Å². The molecular weight excluding hydrogens is 211 g/mol. The van der Waals surface area contributed by atoms with Crippen molar-refractivity contribution in [2.45, 2.75) is 18.9 Å². The Balaban J connectivity index is 0.00000121. The number of alkyl halides is 3. The molecule has 1 unspecified atom stereocenters. The number of hydrogen-bond donors (Lipinski definition) is 0. The zero-order chi connectivity index (χ0) is 8.48. The van der Waals surface area contributed by atoms with Gasteiger partial charge in [0.2, 0.25) is 0 Å². The minimum Gasteiger partial charge on any atom is -0.203 e. The predicted octanol–water partition coefficient (Wildman–Crippen LogP) is 2.49. The molecule has 0 bridgehead atoms. The molecule has 0 saturated heterocycles. The summed E-state index contributed by atoms with van der Waals surface area (Å²) >= 11 is 5.42. The lowest BCUT2D eigenvalue weighted by Gasteiger charge is -2.16. The van der Waals surface area contributed by atoms with Gasteiger partial charge in [-0.15, -0.1) is 29.1 Å². The third-order valence-electron chi connectivity index (χ3n) is 1.44. The summed E-state index contributed by atoms with van der Waals surface area (Å²) in [6, 6.07) is 0. The first-order chi connectivity index (χ1) is 5.10. The highest BCUT2D eigenvalue weighted by Crippen LogP contribution is 2.24. The molecule has 0 aliphatic carbocycles. The van der Waals surface area contributed by atoms with Crippen LogP contribution >= 0.6 is 24.0 Å². The molecule has 1 aliphatic heterocycles. The van der Waals surface area contributed by atoms with E-state index in [4.69, 9.17) is 11.6 Å². The van der Waals surface area contributed by atoms with Gasteiger partial charge in [-0.3, -0.25) is 0 Å². The van der Waals surface area contributed by atoms with Crippen LogP contribution < -0.4 is 0 Å². The molecule has 0 aromatic carbocycles. The monoisotopic (exact) mass is 217 g/mol. The predicted molar refractivity (Wildman–Crippen MR) is 44.7 cm³/mol. The Kier molecular flexibility index (Phi) is 3.99. The van der Waals surface area contributed by atoms with Crippen LogP contribution in [0.3, 0.4) is 0 Å². The third-order valence-corrected chi connectivity index (χ3v) is 1.96. The molecular formula is C5H7Cl2F2N3. The van der Waals surface area contributed by atoms with Crippen LogP contribution in [0.5, 0.6) is 0 Å². The van der Waals surface area contributed by atoms with Crippen LogP contribution in [0.25, 0.3) is 0 Å². The molecule has 70 valence electrons. The van der Waals surface area contributed by atoms with Crippen molar-refractivity contribution in [2.24, 2.45) is 15.4 Å². The molecule has 1 aliphatic rings. The molecule has 0 N–H and O–H groups in total. The number of hydrogen-bond acceptors (Lipinski definition) is 3. The Hall–Kier alpha value is -0.290. The zero-order valence-electron chi connectivity index (χ0n) is 6.17. The van der Waals surface area contributed by atoms with E-state index < -0.39 is 12.0 Å². The van der Waals surface area contributed by atoms with Crippen LogP contribution in [0.4, 0.5) is 8.78 Å². The lowest BCUT2D eigenvalue weighted by atomic mass is 10.0. The van der Waals surface area contributed by atoms with Crippen molar-refractivity contribution in [1.82, 2.24) is 0 Å². The van der Waals surface area contributed by atoms with Gasteiger partial charge >= 0.3 is 0 Å². The fraction of sp³-hybridized carbons (Fsp3) is 0.800. The molecule has 0 aromatic heterocycles. The van der Waals surface area contributed by atoms with E-state index in [1.54, 1.807) is 0 Å². The minimum atomic E-state index is -2.63. The molecule has 1 rings (SSSR count). The summed E-state index contributed by atoms with van der Waals surface area (Å²) in [4.78, 5) is 0. The maximum absolute atomic E-state index is 12.1. The molecule has 0 amide bonds. The fourth-order valence-corrected chi connectivity index (χ4v) is 0.892. The molecule has 0 radical (unpaired) electrons. The summed E-state index contributed by atoms with van der Waals surface area (Å²) in [6.07, 6.45) is -2.63. The SMILES string of the molecule is CC1(CCl)N=NN=C1C(F)F.Cl. The highest BCUT2D eigenvalue weighted by molar-refractivity contribution is 6.21. The van der Waals surface area contributed by atoms with Crippen LogP contribution in [0.15, 0.2) is 15.4 Å². The van der Waals surface area contributed by atoms with Gasteiger partial charge in [-0.05, 0) is 12.1 Å². The van der Waals surface area contributed by atoms with Crippen LogP contribution in [0.2, 0.25) is 0 Å².